The maximum absolute atomic E-state index is 14.0. The Morgan fingerprint density at radius 2 is 1.65 bits per heavy atom. The van der Waals surface area contributed by atoms with Gasteiger partial charge in [-0.1, -0.05) is 43.5 Å². The molecule has 0 unspecified atom stereocenters. The molecule has 182 valence electrons. The fraction of sp³-hybridized carbons (Fsp3) is 0.481. The van der Waals surface area contributed by atoms with Crippen molar-refractivity contribution in [1.82, 2.24) is 9.80 Å². The molecule has 1 heterocycles. The Kier molecular flexibility index (Phi) is 7.60. The van der Waals surface area contributed by atoms with Crippen LogP contribution >= 0.6 is 0 Å². The van der Waals surface area contributed by atoms with E-state index in [9.17, 15) is 9.59 Å². The van der Waals surface area contributed by atoms with Crippen LogP contribution in [-0.4, -0.2) is 55.0 Å². The number of methoxy groups -OCH3 is 2. The minimum atomic E-state index is -0.738. The van der Waals surface area contributed by atoms with E-state index in [1.807, 2.05) is 54.3 Å². The zero-order valence-electron chi connectivity index (χ0n) is 20.3. The highest BCUT2D eigenvalue weighted by Crippen LogP contribution is 2.38. The van der Waals surface area contributed by atoms with E-state index in [0.29, 0.717) is 29.4 Å². The molecule has 7 nitrogen and oxygen atoms in total. The van der Waals surface area contributed by atoms with Gasteiger partial charge in [0.05, 0.1) is 27.4 Å². The van der Waals surface area contributed by atoms with E-state index in [2.05, 4.69) is 0 Å². The van der Waals surface area contributed by atoms with Crippen LogP contribution in [0, 0.1) is 0 Å². The Morgan fingerprint density at radius 1 is 0.912 bits per heavy atom. The Bertz CT molecular complexity index is 1020. The van der Waals surface area contributed by atoms with Gasteiger partial charge in [-0.05, 0) is 43.5 Å². The molecule has 0 aromatic heterocycles. The number of ether oxygens (including phenoxy) is 3. The van der Waals surface area contributed by atoms with Gasteiger partial charge < -0.3 is 24.0 Å². The van der Waals surface area contributed by atoms with Crippen molar-refractivity contribution in [2.24, 2.45) is 0 Å². The van der Waals surface area contributed by atoms with Crippen molar-refractivity contribution in [3.05, 3.63) is 53.6 Å². The molecule has 0 N–H and O–H groups in total. The normalized spacial score (nSPS) is 19.3. The fourth-order valence-corrected chi connectivity index (χ4v) is 5.10. The molecular formula is C27H34N2O5. The van der Waals surface area contributed by atoms with Crippen LogP contribution in [0.1, 0.15) is 56.2 Å². The quantitative estimate of drug-likeness (QED) is 0.579. The second kappa shape index (κ2) is 10.8. The van der Waals surface area contributed by atoms with Crippen LogP contribution in [0.5, 0.6) is 17.2 Å². The van der Waals surface area contributed by atoms with E-state index >= 15 is 0 Å². The molecule has 0 radical (unpaired) electrons. The van der Waals surface area contributed by atoms with Crippen LogP contribution in [0.3, 0.4) is 0 Å². The van der Waals surface area contributed by atoms with Crippen LogP contribution in [-0.2, 0) is 16.1 Å². The standard InChI is InChI=1S/C27H34N2O5/c1-4-34-23-15-14-19(16-24(23)33-3)26-27(31)28(21-11-6-5-7-12-21)18-25(30)29(26)17-20-10-8-9-13-22(20)32-2/h8-10,13-16,21,26H,4-7,11-12,17-18H2,1-3H3/t26-/m1/s1. The first-order valence-corrected chi connectivity index (χ1v) is 12.1. The number of nitrogens with zero attached hydrogens (tertiary/aromatic N) is 2. The molecule has 34 heavy (non-hydrogen) atoms. The van der Waals surface area contributed by atoms with Crippen molar-refractivity contribution in [2.75, 3.05) is 27.4 Å². The zero-order chi connectivity index (χ0) is 24.1. The Balaban J connectivity index is 1.73. The summed E-state index contributed by atoms with van der Waals surface area (Å²) < 4.78 is 16.7. The smallest absolute Gasteiger partial charge is 0.250 e. The monoisotopic (exact) mass is 466 g/mol. The molecule has 0 spiro atoms. The second-order valence-corrected chi connectivity index (χ2v) is 8.84. The zero-order valence-corrected chi connectivity index (χ0v) is 20.3. The number of hydrogen-bond acceptors (Lipinski definition) is 5. The van der Waals surface area contributed by atoms with Gasteiger partial charge in [0.2, 0.25) is 5.91 Å². The number of amides is 2. The predicted molar refractivity (Wildman–Crippen MR) is 129 cm³/mol. The fourth-order valence-electron chi connectivity index (χ4n) is 5.10. The van der Waals surface area contributed by atoms with E-state index in [4.69, 9.17) is 14.2 Å². The minimum absolute atomic E-state index is 0.0346. The van der Waals surface area contributed by atoms with Crippen molar-refractivity contribution in [3.63, 3.8) is 0 Å². The Labute approximate surface area is 201 Å². The van der Waals surface area contributed by atoms with Crippen LogP contribution in [0.15, 0.2) is 42.5 Å². The molecule has 2 amide bonds. The number of para-hydroxylation sites is 1. The third kappa shape index (κ3) is 4.83. The third-order valence-electron chi connectivity index (χ3n) is 6.81. The second-order valence-electron chi connectivity index (χ2n) is 8.84. The molecule has 2 aromatic carbocycles. The van der Waals surface area contributed by atoms with Crippen LogP contribution in [0.4, 0.5) is 0 Å². The highest BCUT2D eigenvalue weighted by molar-refractivity contribution is 5.96. The highest BCUT2D eigenvalue weighted by atomic mass is 16.5. The average Bonchev–Trinajstić information content (AvgIpc) is 2.87. The van der Waals surface area contributed by atoms with Gasteiger partial charge in [0, 0.05) is 11.6 Å². The summed E-state index contributed by atoms with van der Waals surface area (Å²) in [6.45, 7) is 2.82. The van der Waals surface area contributed by atoms with Crippen molar-refractivity contribution in [1.29, 1.82) is 0 Å². The number of carbonyl (C=O) groups excluding carboxylic acids is 2. The summed E-state index contributed by atoms with van der Waals surface area (Å²) in [6.07, 6.45) is 5.27. The van der Waals surface area contributed by atoms with Gasteiger partial charge in [-0.25, -0.2) is 0 Å². The number of benzene rings is 2. The van der Waals surface area contributed by atoms with Crippen LogP contribution in [0.2, 0.25) is 0 Å². The van der Waals surface area contributed by atoms with Gasteiger partial charge in [-0.3, -0.25) is 9.59 Å². The molecule has 2 fully saturated rings. The van der Waals surface area contributed by atoms with Crippen molar-refractivity contribution < 1.29 is 23.8 Å². The van der Waals surface area contributed by atoms with E-state index in [1.165, 1.54) is 6.42 Å². The number of hydrogen-bond donors (Lipinski definition) is 0. The molecule has 4 rings (SSSR count). The van der Waals surface area contributed by atoms with E-state index in [0.717, 1.165) is 31.2 Å². The Hall–Kier alpha value is -3.22. The molecule has 1 aliphatic carbocycles. The maximum atomic E-state index is 14.0. The first-order chi connectivity index (χ1) is 16.6. The highest BCUT2D eigenvalue weighted by Gasteiger charge is 2.43. The Morgan fingerprint density at radius 3 is 2.35 bits per heavy atom. The van der Waals surface area contributed by atoms with Crippen LogP contribution < -0.4 is 14.2 Å². The third-order valence-corrected chi connectivity index (χ3v) is 6.81. The summed E-state index contributed by atoms with van der Waals surface area (Å²) in [5.41, 5.74) is 1.58. The summed E-state index contributed by atoms with van der Waals surface area (Å²) in [6, 6.07) is 12.5. The molecule has 1 saturated heterocycles. The first-order valence-electron chi connectivity index (χ1n) is 12.1. The minimum Gasteiger partial charge on any atom is -0.496 e. The summed E-state index contributed by atoms with van der Waals surface area (Å²) >= 11 is 0. The lowest BCUT2D eigenvalue weighted by Gasteiger charge is -2.44. The summed E-state index contributed by atoms with van der Waals surface area (Å²) in [7, 11) is 3.19. The van der Waals surface area contributed by atoms with Gasteiger partial charge >= 0.3 is 0 Å². The molecule has 7 heteroatoms. The molecule has 2 aliphatic rings. The number of piperazine rings is 1. The van der Waals surface area contributed by atoms with E-state index in [-0.39, 0.29) is 30.9 Å². The summed E-state index contributed by atoms with van der Waals surface area (Å²) in [5, 5.41) is 0. The lowest BCUT2D eigenvalue weighted by Crippen LogP contribution is -2.58. The first kappa shape index (κ1) is 23.9. The lowest BCUT2D eigenvalue weighted by atomic mass is 9.91. The summed E-state index contributed by atoms with van der Waals surface area (Å²) in [4.78, 5) is 31.0. The summed E-state index contributed by atoms with van der Waals surface area (Å²) in [5.74, 6) is 1.76. The van der Waals surface area contributed by atoms with Gasteiger partial charge in [0.25, 0.3) is 5.91 Å². The van der Waals surface area contributed by atoms with Crippen molar-refractivity contribution in [3.8, 4) is 17.2 Å². The molecule has 0 bridgehead atoms. The molecule has 1 aliphatic heterocycles. The molecule has 1 saturated carbocycles. The average molecular weight is 467 g/mol. The van der Waals surface area contributed by atoms with Crippen molar-refractivity contribution in [2.45, 2.75) is 57.7 Å². The topological polar surface area (TPSA) is 68.3 Å². The van der Waals surface area contributed by atoms with Gasteiger partial charge in [-0.2, -0.15) is 0 Å². The number of carbonyl (C=O) groups is 2. The van der Waals surface area contributed by atoms with Crippen LogP contribution in [0.25, 0.3) is 0 Å². The predicted octanol–water partition coefficient (Wildman–Crippen LogP) is 4.35. The SMILES string of the molecule is CCOc1ccc([C@@H]2C(=O)N(C3CCCCC3)CC(=O)N2Cc2ccccc2OC)cc1OC. The van der Waals surface area contributed by atoms with E-state index in [1.54, 1.807) is 19.1 Å². The number of rotatable bonds is 8. The molecular weight excluding hydrogens is 432 g/mol. The van der Waals surface area contributed by atoms with Gasteiger partial charge in [0.1, 0.15) is 18.3 Å². The van der Waals surface area contributed by atoms with Crippen molar-refractivity contribution >= 4 is 11.8 Å². The van der Waals surface area contributed by atoms with Gasteiger partial charge in [0.15, 0.2) is 11.5 Å². The maximum Gasteiger partial charge on any atom is 0.250 e. The largest absolute Gasteiger partial charge is 0.496 e. The van der Waals surface area contributed by atoms with E-state index < -0.39 is 6.04 Å². The lowest BCUT2D eigenvalue weighted by molar-refractivity contribution is -0.160. The van der Waals surface area contributed by atoms with Gasteiger partial charge in [-0.15, -0.1) is 0 Å². The molecule has 2 aromatic rings. The molecule has 1 atom stereocenters.